The van der Waals surface area contributed by atoms with E-state index in [0.717, 1.165) is 9.75 Å². The monoisotopic (exact) mass is 409 g/mol. The molecule has 0 spiro atoms. The number of fused-ring (bicyclic) bond motifs is 1. The lowest BCUT2D eigenvalue weighted by atomic mass is 9.97. The first-order valence-corrected chi connectivity index (χ1v) is 11.0. The SMILES string of the molecule is O=C1C[C@H](c2cccs2)c2scc(S(=O)(=O)c3ccc(Cl)cc3)c2N1. The van der Waals surface area contributed by atoms with Crippen molar-refractivity contribution >= 4 is 55.7 Å². The summed E-state index contributed by atoms with van der Waals surface area (Å²) in [6.07, 6.45) is 0.328. The molecule has 0 fully saturated rings. The number of benzene rings is 1. The first-order chi connectivity index (χ1) is 12.0. The van der Waals surface area contributed by atoms with Crippen LogP contribution in [0.4, 0.5) is 5.69 Å². The number of sulfone groups is 1. The summed E-state index contributed by atoms with van der Waals surface area (Å²) in [5.41, 5.74) is 0.412. The van der Waals surface area contributed by atoms with Crippen molar-refractivity contribution in [3.05, 3.63) is 61.9 Å². The quantitative estimate of drug-likeness (QED) is 0.677. The van der Waals surface area contributed by atoms with Gasteiger partial charge in [0.2, 0.25) is 15.7 Å². The molecule has 0 saturated carbocycles. The molecule has 0 unspecified atom stereocenters. The number of rotatable bonds is 3. The normalized spacial score (nSPS) is 17.2. The van der Waals surface area contributed by atoms with E-state index in [-0.39, 0.29) is 21.6 Å². The summed E-state index contributed by atoms with van der Waals surface area (Å²) in [4.78, 5) is 14.4. The Morgan fingerprint density at radius 1 is 1.12 bits per heavy atom. The van der Waals surface area contributed by atoms with Gasteiger partial charge in [-0.25, -0.2) is 8.42 Å². The van der Waals surface area contributed by atoms with Gasteiger partial charge in [-0.15, -0.1) is 22.7 Å². The molecule has 3 heterocycles. The molecule has 8 heteroatoms. The maximum Gasteiger partial charge on any atom is 0.225 e. The van der Waals surface area contributed by atoms with Crippen LogP contribution >= 0.6 is 34.3 Å². The summed E-state index contributed by atoms with van der Waals surface area (Å²) in [5, 5.41) is 6.80. The second kappa shape index (κ2) is 6.25. The summed E-state index contributed by atoms with van der Waals surface area (Å²) < 4.78 is 26.0. The minimum atomic E-state index is -3.73. The molecule has 2 aromatic heterocycles. The minimum absolute atomic E-state index is 0.0945. The van der Waals surface area contributed by atoms with Gasteiger partial charge in [-0.05, 0) is 35.7 Å². The highest BCUT2D eigenvalue weighted by Crippen LogP contribution is 2.46. The van der Waals surface area contributed by atoms with Crippen molar-refractivity contribution in [1.82, 2.24) is 0 Å². The Kier molecular flexibility index (Phi) is 4.19. The zero-order valence-electron chi connectivity index (χ0n) is 12.7. The Labute approximate surface area is 158 Å². The third kappa shape index (κ3) is 2.91. The van der Waals surface area contributed by atoms with Crippen LogP contribution in [0.15, 0.2) is 56.9 Å². The lowest BCUT2D eigenvalue weighted by Gasteiger charge is -2.22. The van der Waals surface area contributed by atoms with Gasteiger partial charge in [0.15, 0.2) is 0 Å². The molecule has 1 aliphatic heterocycles. The van der Waals surface area contributed by atoms with Crippen molar-refractivity contribution < 1.29 is 13.2 Å². The molecular formula is C17H12ClNO3S3. The van der Waals surface area contributed by atoms with Crippen molar-refractivity contribution in [3.63, 3.8) is 0 Å². The molecule has 4 rings (SSSR count). The first-order valence-electron chi connectivity index (χ1n) is 7.42. The van der Waals surface area contributed by atoms with Crippen LogP contribution in [0.25, 0.3) is 0 Å². The molecule has 3 aromatic rings. The number of hydrogen-bond donors (Lipinski definition) is 1. The second-order valence-corrected chi connectivity index (χ2v) is 9.86. The van der Waals surface area contributed by atoms with Crippen LogP contribution in [-0.2, 0) is 14.6 Å². The summed E-state index contributed by atoms with van der Waals surface area (Å²) in [5.74, 6) is -0.264. The van der Waals surface area contributed by atoms with E-state index >= 15 is 0 Å². The van der Waals surface area contributed by atoms with Gasteiger partial charge in [0.1, 0.15) is 4.90 Å². The smallest absolute Gasteiger partial charge is 0.225 e. The van der Waals surface area contributed by atoms with Gasteiger partial charge in [0.05, 0.1) is 10.6 Å². The van der Waals surface area contributed by atoms with Crippen molar-refractivity contribution in [1.29, 1.82) is 0 Å². The average Bonchev–Trinajstić information content (AvgIpc) is 3.24. The fourth-order valence-electron chi connectivity index (χ4n) is 2.86. The maximum atomic E-state index is 13.0. The number of nitrogens with one attached hydrogen (secondary N) is 1. The summed E-state index contributed by atoms with van der Waals surface area (Å²) in [6.45, 7) is 0. The Balaban J connectivity index is 1.83. The molecule has 128 valence electrons. The predicted molar refractivity (Wildman–Crippen MR) is 101 cm³/mol. The minimum Gasteiger partial charge on any atom is -0.324 e. The van der Waals surface area contributed by atoms with Gasteiger partial charge >= 0.3 is 0 Å². The van der Waals surface area contributed by atoms with E-state index in [1.165, 1.54) is 23.5 Å². The molecule has 0 radical (unpaired) electrons. The third-order valence-corrected chi connectivity index (χ3v) is 8.33. The Hall–Kier alpha value is -1.67. The van der Waals surface area contributed by atoms with Crippen molar-refractivity contribution in [3.8, 4) is 0 Å². The molecule has 1 amide bonds. The van der Waals surface area contributed by atoms with Crippen molar-refractivity contribution in [2.24, 2.45) is 0 Å². The standard InChI is InChI=1S/C17H12ClNO3S3/c18-10-3-5-11(6-4-10)25(21,22)14-9-24-17-12(13-2-1-7-23-13)8-15(20)19-16(14)17/h1-7,9,12H,8H2,(H,19,20)/t12-/m1/s1. The van der Waals surface area contributed by atoms with Gasteiger partial charge in [-0.2, -0.15) is 0 Å². The molecule has 4 nitrogen and oxygen atoms in total. The van der Waals surface area contributed by atoms with Gasteiger partial charge < -0.3 is 5.32 Å². The van der Waals surface area contributed by atoms with E-state index in [1.807, 2.05) is 17.5 Å². The largest absolute Gasteiger partial charge is 0.324 e. The first kappa shape index (κ1) is 16.8. The van der Waals surface area contributed by atoms with Crippen LogP contribution in [0.2, 0.25) is 5.02 Å². The number of thiophene rings is 2. The third-order valence-electron chi connectivity index (χ3n) is 4.06. The van der Waals surface area contributed by atoms with Gasteiger partial charge in [0, 0.05) is 32.5 Å². The number of halogens is 1. The second-order valence-electron chi connectivity index (χ2n) is 5.62. The highest BCUT2D eigenvalue weighted by Gasteiger charge is 2.34. The van der Waals surface area contributed by atoms with Crippen LogP contribution in [0.3, 0.4) is 0 Å². The lowest BCUT2D eigenvalue weighted by molar-refractivity contribution is -0.116. The van der Waals surface area contributed by atoms with Gasteiger partial charge in [0.25, 0.3) is 0 Å². The van der Waals surface area contributed by atoms with E-state index < -0.39 is 9.84 Å². The lowest BCUT2D eigenvalue weighted by Crippen LogP contribution is -2.23. The van der Waals surface area contributed by atoms with E-state index in [1.54, 1.807) is 28.8 Å². The van der Waals surface area contributed by atoms with E-state index in [0.29, 0.717) is 17.1 Å². The maximum absolute atomic E-state index is 13.0. The topological polar surface area (TPSA) is 63.2 Å². The molecule has 0 bridgehead atoms. The Morgan fingerprint density at radius 2 is 1.88 bits per heavy atom. The van der Waals surface area contributed by atoms with Crippen molar-refractivity contribution in [2.45, 2.75) is 22.1 Å². The number of carbonyl (C=O) groups excluding carboxylic acids is 1. The van der Waals surface area contributed by atoms with E-state index in [9.17, 15) is 13.2 Å². The van der Waals surface area contributed by atoms with Crippen LogP contribution in [0.5, 0.6) is 0 Å². The molecule has 1 aromatic carbocycles. The van der Waals surface area contributed by atoms with Crippen LogP contribution in [-0.4, -0.2) is 14.3 Å². The summed E-state index contributed by atoms with van der Waals surface area (Å²) in [6, 6.07) is 9.95. The predicted octanol–water partition coefficient (Wildman–Crippen LogP) is 4.77. The fourth-order valence-corrected chi connectivity index (χ4v) is 6.80. The van der Waals surface area contributed by atoms with Crippen LogP contribution in [0, 0.1) is 0 Å². The molecule has 1 N–H and O–H groups in total. The highest BCUT2D eigenvalue weighted by molar-refractivity contribution is 7.91. The molecule has 0 aliphatic carbocycles. The van der Waals surface area contributed by atoms with Crippen molar-refractivity contribution in [2.75, 3.05) is 5.32 Å². The average molecular weight is 410 g/mol. The molecule has 25 heavy (non-hydrogen) atoms. The molecule has 0 saturated heterocycles. The van der Waals surface area contributed by atoms with Gasteiger partial charge in [-0.3, -0.25) is 4.79 Å². The summed E-state index contributed by atoms with van der Waals surface area (Å²) in [7, 11) is -3.73. The van der Waals surface area contributed by atoms with Crippen LogP contribution < -0.4 is 5.32 Å². The number of hydrogen-bond acceptors (Lipinski definition) is 5. The zero-order chi connectivity index (χ0) is 17.6. The Morgan fingerprint density at radius 3 is 2.56 bits per heavy atom. The molecule has 1 atom stereocenters. The van der Waals surface area contributed by atoms with E-state index in [4.69, 9.17) is 11.6 Å². The Bertz CT molecular complexity index is 1040. The molecule has 1 aliphatic rings. The van der Waals surface area contributed by atoms with Gasteiger partial charge in [-0.1, -0.05) is 17.7 Å². The highest BCUT2D eigenvalue weighted by atomic mass is 35.5. The number of carbonyl (C=O) groups is 1. The van der Waals surface area contributed by atoms with E-state index in [2.05, 4.69) is 5.32 Å². The van der Waals surface area contributed by atoms with Crippen LogP contribution in [0.1, 0.15) is 22.1 Å². The zero-order valence-corrected chi connectivity index (χ0v) is 15.9. The number of anilines is 1. The molecular weight excluding hydrogens is 398 g/mol. The summed E-state index contributed by atoms with van der Waals surface area (Å²) >= 11 is 8.79. The fraction of sp³-hybridized carbons (Fsp3) is 0.118. The number of amides is 1.